The molecule has 0 spiro atoms. The van der Waals surface area contributed by atoms with Crippen molar-refractivity contribution in [1.82, 2.24) is 0 Å². The van der Waals surface area contributed by atoms with E-state index in [4.69, 9.17) is 0 Å². The Bertz CT molecular complexity index is 113. The van der Waals surface area contributed by atoms with Crippen molar-refractivity contribution in [2.24, 2.45) is 17.3 Å². The van der Waals surface area contributed by atoms with Gasteiger partial charge in [0.05, 0.1) is 0 Å². The third-order valence-corrected chi connectivity index (χ3v) is 3.42. The number of hydrogen-bond acceptors (Lipinski definition) is 0. The second-order valence-corrected chi connectivity index (χ2v) is 4.64. The smallest absolute Gasteiger partial charge is 0.0323 e. The van der Waals surface area contributed by atoms with E-state index in [2.05, 4.69) is 41.5 Å². The highest BCUT2D eigenvalue weighted by Gasteiger charge is 2.29. The van der Waals surface area contributed by atoms with Crippen molar-refractivity contribution >= 4 is 0 Å². The van der Waals surface area contributed by atoms with Crippen LogP contribution in [0.15, 0.2) is 0 Å². The van der Waals surface area contributed by atoms with Gasteiger partial charge < -0.3 is 0 Å². The predicted octanol–water partition coefficient (Wildman–Crippen LogP) is 4.31. The first kappa shape index (κ1) is 12.0. The Balaban J connectivity index is 4.32. The third kappa shape index (κ3) is 2.80. The summed E-state index contributed by atoms with van der Waals surface area (Å²) in [6, 6.07) is 0. The molecule has 2 atom stereocenters. The minimum absolute atomic E-state index is 0.421. The SMILES string of the molecule is [CH2]CC(C)(C)C(CC)C(C)CC. The molecule has 0 heterocycles. The molecule has 0 aromatic rings. The van der Waals surface area contributed by atoms with E-state index >= 15 is 0 Å². The molecule has 0 saturated heterocycles. The summed E-state index contributed by atoms with van der Waals surface area (Å²) in [5.74, 6) is 1.67. The molecule has 73 valence electrons. The molecule has 0 amide bonds. The molecule has 0 fully saturated rings. The first-order chi connectivity index (χ1) is 5.49. The largest absolute Gasteiger partial charge is 0.0651 e. The molecule has 0 heteroatoms. The molecule has 12 heavy (non-hydrogen) atoms. The van der Waals surface area contributed by atoms with Crippen LogP contribution in [0.5, 0.6) is 0 Å². The zero-order valence-electron chi connectivity index (χ0n) is 9.48. The van der Waals surface area contributed by atoms with Crippen LogP contribution in [-0.2, 0) is 0 Å². The van der Waals surface area contributed by atoms with E-state index in [0.717, 1.165) is 18.3 Å². The minimum Gasteiger partial charge on any atom is -0.0651 e. The normalized spacial score (nSPS) is 17.5. The van der Waals surface area contributed by atoms with Gasteiger partial charge in [0.2, 0.25) is 0 Å². The third-order valence-electron chi connectivity index (χ3n) is 3.42. The second kappa shape index (κ2) is 4.89. The Morgan fingerprint density at radius 1 is 1.17 bits per heavy atom. The summed E-state index contributed by atoms with van der Waals surface area (Å²) >= 11 is 0. The Kier molecular flexibility index (Phi) is 4.89. The van der Waals surface area contributed by atoms with Gasteiger partial charge in [-0.05, 0) is 23.7 Å². The highest BCUT2D eigenvalue weighted by molar-refractivity contribution is 4.81. The first-order valence-corrected chi connectivity index (χ1v) is 5.28. The topological polar surface area (TPSA) is 0 Å². The fraction of sp³-hybridized carbons (Fsp3) is 0.917. The summed E-state index contributed by atoms with van der Waals surface area (Å²) in [6.45, 7) is 15.7. The standard InChI is InChI=1S/C12H25/c1-7-10(4)11(8-2)12(5,6)9-3/h10-11H,3,7-9H2,1-2,4-6H3. The van der Waals surface area contributed by atoms with E-state index in [1.54, 1.807) is 0 Å². The molecule has 0 saturated carbocycles. The van der Waals surface area contributed by atoms with E-state index in [9.17, 15) is 0 Å². The van der Waals surface area contributed by atoms with E-state index < -0.39 is 0 Å². The molecule has 1 radical (unpaired) electrons. The maximum Gasteiger partial charge on any atom is -0.0323 e. The molecule has 2 unspecified atom stereocenters. The van der Waals surface area contributed by atoms with Crippen LogP contribution in [0.2, 0.25) is 0 Å². The maximum absolute atomic E-state index is 4.04. The zero-order chi connectivity index (χ0) is 9.78. The van der Waals surface area contributed by atoms with E-state index in [1.165, 1.54) is 12.8 Å². The van der Waals surface area contributed by atoms with Crippen LogP contribution < -0.4 is 0 Å². The quantitative estimate of drug-likeness (QED) is 0.575. The van der Waals surface area contributed by atoms with Crippen molar-refractivity contribution in [3.8, 4) is 0 Å². The summed E-state index contributed by atoms with van der Waals surface area (Å²) in [5, 5.41) is 0. The maximum atomic E-state index is 4.04. The molecule has 0 nitrogen and oxygen atoms in total. The molecule has 0 aromatic carbocycles. The summed E-state index contributed by atoms with van der Waals surface area (Å²) in [7, 11) is 0. The van der Waals surface area contributed by atoms with Crippen LogP contribution >= 0.6 is 0 Å². The van der Waals surface area contributed by atoms with Gasteiger partial charge in [-0.2, -0.15) is 0 Å². The molecule has 0 N–H and O–H groups in total. The minimum atomic E-state index is 0.421. The average molecular weight is 169 g/mol. The van der Waals surface area contributed by atoms with Gasteiger partial charge in [0.1, 0.15) is 0 Å². The van der Waals surface area contributed by atoms with Gasteiger partial charge >= 0.3 is 0 Å². The molecule has 0 rings (SSSR count). The molecule has 0 aromatic heterocycles. The lowest BCUT2D eigenvalue weighted by atomic mass is 9.69. The molecule has 0 aliphatic heterocycles. The highest BCUT2D eigenvalue weighted by atomic mass is 14.3. The van der Waals surface area contributed by atoms with Crippen LogP contribution in [-0.4, -0.2) is 0 Å². The lowest BCUT2D eigenvalue weighted by molar-refractivity contribution is 0.140. The molecule has 0 aliphatic rings. The molecular formula is C12H25. The lowest BCUT2D eigenvalue weighted by Crippen LogP contribution is -2.28. The molecular weight excluding hydrogens is 144 g/mol. The Morgan fingerprint density at radius 2 is 1.67 bits per heavy atom. The van der Waals surface area contributed by atoms with Gasteiger partial charge in [0.25, 0.3) is 0 Å². The summed E-state index contributed by atoms with van der Waals surface area (Å²) in [5.41, 5.74) is 0.421. The Morgan fingerprint density at radius 3 is 1.92 bits per heavy atom. The highest BCUT2D eigenvalue weighted by Crippen LogP contribution is 2.38. The van der Waals surface area contributed by atoms with Crippen LogP contribution in [0.3, 0.4) is 0 Å². The van der Waals surface area contributed by atoms with Crippen LogP contribution in [0.25, 0.3) is 0 Å². The Hall–Kier alpha value is 0. The van der Waals surface area contributed by atoms with Crippen molar-refractivity contribution in [1.29, 1.82) is 0 Å². The van der Waals surface area contributed by atoms with Crippen LogP contribution in [0.1, 0.15) is 53.9 Å². The zero-order valence-corrected chi connectivity index (χ0v) is 9.48. The Labute approximate surface area is 78.8 Å². The first-order valence-electron chi connectivity index (χ1n) is 5.28. The van der Waals surface area contributed by atoms with Gasteiger partial charge in [-0.3, -0.25) is 0 Å². The van der Waals surface area contributed by atoms with E-state index in [0.29, 0.717) is 5.41 Å². The van der Waals surface area contributed by atoms with Gasteiger partial charge in [-0.1, -0.05) is 54.4 Å². The fourth-order valence-electron chi connectivity index (χ4n) is 2.20. The fourth-order valence-corrected chi connectivity index (χ4v) is 2.20. The van der Waals surface area contributed by atoms with E-state index in [-0.39, 0.29) is 0 Å². The van der Waals surface area contributed by atoms with Crippen molar-refractivity contribution in [3.63, 3.8) is 0 Å². The van der Waals surface area contributed by atoms with Gasteiger partial charge in [0, 0.05) is 0 Å². The van der Waals surface area contributed by atoms with Gasteiger partial charge in [-0.15, -0.1) is 0 Å². The van der Waals surface area contributed by atoms with Gasteiger partial charge in [-0.25, -0.2) is 0 Å². The summed E-state index contributed by atoms with van der Waals surface area (Å²) in [4.78, 5) is 0. The van der Waals surface area contributed by atoms with E-state index in [1.807, 2.05) is 0 Å². The summed E-state index contributed by atoms with van der Waals surface area (Å²) in [6.07, 6.45) is 3.63. The van der Waals surface area contributed by atoms with Crippen LogP contribution in [0.4, 0.5) is 0 Å². The van der Waals surface area contributed by atoms with Gasteiger partial charge in [0.15, 0.2) is 0 Å². The average Bonchev–Trinajstić information content (AvgIpc) is 2.05. The molecule has 0 bridgehead atoms. The summed E-state index contributed by atoms with van der Waals surface area (Å²) < 4.78 is 0. The van der Waals surface area contributed by atoms with Crippen molar-refractivity contribution < 1.29 is 0 Å². The monoisotopic (exact) mass is 169 g/mol. The number of rotatable bonds is 5. The second-order valence-electron chi connectivity index (χ2n) is 4.64. The lowest BCUT2D eigenvalue weighted by Gasteiger charge is -2.37. The predicted molar refractivity (Wildman–Crippen MR) is 57.0 cm³/mol. The van der Waals surface area contributed by atoms with Crippen molar-refractivity contribution in [2.75, 3.05) is 0 Å². The molecule has 0 aliphatic carbocycles. The number of hydrogen-bond donors (Lipinski definition) is 0. The van der Waals surface area contributed by atoms with Crippen LogP contribution in [0, 0.1) is 24.2 Å². The van der Waals surface area contributed by atoms with Crippen molar-refractivity contribution in [3.05, 3.63) is 6.92 Å². The van der Waals surface area contributed by atoms with Crippen molar-refractivity contribution in [2.45, 2.75) is 53.9 Å².